The molecule has 1 N–H and O–H groups in total. The molecule has 1 fully saturated rings. The zero-order chi connectivity index (χ0) is 9.26. The standard InChI is InChI=1S/C10H9BrClN/c11-9-2-1-8(10(12)4-9)3-7-5-13-6-7/h1-4,13H,5-6H2. The first-order valence-corrected chi connectivity index (χ1v) is 5.28. The Morgan fingerprint density at radius 3 is 2.69 bits per heavy atom. The van der Waals surface area contributed by atoms with Crippen molar-refractivity contribution in [2.45, 2.75) is 0 Å². The number of benzene rings is 1. The molecule has 1 heterocycles. The van der Waals surface area contributed by atoms with Crippen LogP contribution in [0.1, 0.15) is 5.56 Å². The number of nitrogens with one attached hydrogen (secondary N) is 1. The molecule has 0 amide bonds. The summed E-state index contributed by atoms with van der Waals surface area (Å²) in [6, 6.07) is 5.95. The van der Waals surface area contributed by atoms with Gasteiger partial charge in [-0.1, -0.05) is 39.7 Å². The quantitative estimate of drug-likeness (QED) is 0.816. The highest BCUT2D eigenvalue weighted by molar-refractivity contribution is 9.10. The molecule has 13 heavy (non-hydrogen) atoms. The van der Waals surface area contributed by atoms with Gasteiger partial charge in [0, 0.05) is 22.6 Å². The van der Waals surface area contributed by atoms with Gasteiger partial charge in [0.25, 0.3) is 0 Å². The molecule has 3 heteroatoms. The summed E-state index contributed by atoms with van der Waals surface area (Å²) in [7, 11) is 0. The van der Waals surface area contributed by atoms with Gasteiger partial charge in [0.05, 0.1) is 0 Å². The second-order valence-electron chi connectivity index (χ2n) is 3.07. The van der Waals surface area contributed by atoms with Crippen molar-refractivity contribution in [2.24, 2.45) is 0 Å². The Morgan fingerprint density at radius 2 is 2.15 bits per heavy atom. The van der Waals surface area contributed by atoms with Crippen LogP contribution in [-0.4, -0.2) is 13.1 Å². The Kier molecular flexibility index (Phi) is 2.72. The fourth-order valence-corrected chi connectivity index (χ4v) is 1.94. The van der Waals surface area contributed by atoms with E-state index >= 15 is 0 Å². The highest BCUT2D eigenvalue weighted by atomic mass is 79.9. The molecule has 0 unspecified atom stereocenters. The lowest BCUT2D eigenvalue weighted by Crippen LogP contribution is -2.33. The van der Waals surface area contributed by atoms with Crippen LogP contribution in [0.4, 0.5) is 0 Å². The van der Waals surface area contributed by atoms with E-state index in [1.54, 1.807) is 0 Å². The fourth-order valence-electron chi connectivity index (χ4n) is 1.21. The second kappa shape index (κ2) is 3.82. The molecule has 0 spiro atoms. The molecule has 0 radical (unpaired) electrons. The summed E-state index contributed by atoms with van der Waals surface area (Å²) in [6.07, 6.45) is 2.14. The van der Waals surface area contributed by atoms with Crippen LogP contribution in [0.3, 0.4) is 0 Å². The summed E-state index contributed by atoms with van der Waals surface area (Å²) in [5.41, 5.74) is 2.51. The van der Waals surface area contributed by atoms with Crippen LogP contribution in [0.15, 0.2) is 28.2 Å². The summed E-state index contributed by atoms with van der Waals surface area (Å²) in [6.45, 7) is 1.98. The van der Waals surface area contributed by atoms with E-state index in [-0.39, 0.29) is 0 Å². The molecule has 1 aliphatic heterocycles. The summed E-state index contributed by atoms with van der Waals surface area (Å²) >= 11 is 9.44. The van der Waals surface area contributed by atoms with Gasteiger partial charge >= 0.3 is 0 Å². The third-order valence-electron chi connectivity index (χ3n) is 2.03. The van der Waals surface area contributed by atoms with Crippen molar-refractivity contribution < 1.29 is 0 Å². The fraction of sp³-hybridized carbons (Fsp3) is 0.200. The van der Waals surface area contributed by atoms with Gasteiger partial charge < -0.3 is 5.32 Å². The summed E-state index contributed by atoms with van der Waals surface area (Å²) in [5, 5.41) is 3.99. The van der Waals surface area contributed by atoms with E-state index in [1.807, 2.05) is 18.2 Å². The first kappa shape index (κ1) is 9.25. The normalized spacial score (nSPS) is 15.4. The minimum Gasteiger partial charge on any atom is -0.309 e. The van der Waals surface area contributed by atoms with E-state index in [9.17, 15) is 0 Å². The molecule has 2 rings (SSSR count). The zero-order valence-corrected chi connectivity index (χ0v) is 9.32. The van der Waals surface area contributed by atoms with Gasteiger partial charge in [0.1, 0.15) is 0 Å². The number of hydrogen-bond donors (Lipinski definition) is 1. The van der Waals surface area contributed by atoms with Gasteiger partial charge in [-0.05, 0) is 23.3 Å². The van der Waals surface area contributed by atoms with Crippen LogP contribution < -0.4 is 5.32 Å². The van der Waals surface area contributed by atoms with Gasteiger partial charge in [-0.15, -0.1) is 0 Å². The van der Waals surface area contributed by atoms with Gasteiger partial charge in [0.2, 0.25) is 0 Å². The van der Waals surface area contributed by atoms with Crippen molar-refractivity contribution in [1.29, 1.82) is 0 Å². The molecule has 0 aliphatic carbocycles. The highest BCUT2D eigenvalue weighted by Gasteiger charge is 2.07. The van der Waals surface area contributed by atoms with Crippen LogP contribution in [0.5, 0.6) is 0 Å². The Bertz CT molecular complexity index is 354. The average Bonchev–Trinajstić information content (AvgIpc) is 1.99. The van der Waals surface area contributed by atoms with E-state index in [2.05, 4.69) is 27.3 Å². The molecular weight excluding hydrogens is 249 g/mol. The van der Waals surface area contributed by atoms with Crippen LogP contribution in [0.25, 0.3) is 6.08 Å². The van der Waals surface area contributed by atoms with E-state index in [0.29, 0.717) is 0 Å². The van der Waals surface area contributed by atoms with Crippen molar-refractivity contribution in [1.82, 2.24) is 5.32 Å². The molecule has 1 nitrogen and oxygen atoms in total. The van der Waals surface area contributed by atoms with Gasteiger partial charge in [-0.25, -0.2) is 0 Å². The lowest BCUT2D eigenvalue weighted by molar-refractivity contribution is 0.675. The van der Waals surface area contributed by atoms with E-state index in [0.717, 1.165) is 28.1 Å². The van der Waals surface area contributed by atoms with Crippen molar-refractivity contribution in [3.63, 3.8) is 0 Å². The number of halogens is 2. The predicted molar refractivity (Wildman–Crippen MR) is 60.0 cm³/mol. The first-order chi connectivity index (χ1) is 6.25. The molecule has 0 aromatic heterocycles. The Balaban J connectivity index is 2.29. The van der Waals surface area contributed by atoms with Gasteiger partial charge in [-0.2, -0.15) is 0 Å². The second-order valence-corrected chi connectivity index (χ2v) is 4.39. The highest BCUT2D eigenvalue weighted by Crippen LogP contribution is 2.23. The lowest BCUT2D eigenvalue weighted by Gasteiger charge is -2.18. The topological polar surface area (TPSA) is 12.0 Å². The predicted octanol–water partition coefficient (Wildman–Crippen LogP) is 3.09. The summed E-state index contributed by atoms with van der Waals surface area (Å²) in [5.74, 6) is 0. The summed E-state index contributed by atoms with van der Waals surface area (Å²) < 4.78 is 1.02. The van der Waals surface area contributed by atoms with Crippen LogP contribution in [-0.2, 0) is 0 Å². The van der Waals surface area contributed by atoms with Crippen molar-refractivity contribution in [3.05, 3.63) is 38.8 Å². The molecule has 68 valence electrons. The summed E-state index contributed by atoms with van der Waals surface area (Å²) in [4.78, 5) is 0. The van der Waals surface area contributed by atoms with Crippen molar-refractivity contribution >= 4 is 33.6 Å². The Labute approximate surface area is 90.9 Å². The Morgan fingerprint density at radius 1 is 1.38 bits per heavy atom. The minimum atomic E-state index is 0.800. The minimum absolute atomic E-state index is 0.800. The smallest absolute Gasteiger partial charge is 0.0489 e. The molecule has 0 atom stereocenters. The monoisotopic (exact) mass is 257 g/mol. The average molecular weight is 259 g/mol. The van der Waals surface area contributed by atoms with E-state index in [1.165, 1.54) is 5.57 Å². The molecule has 1 aliphatic rings. The largest absolute Gasteiger partial charge is 0.309 e. The number of hydrogen-bond acceptors (Lipinski definition) is 1. The van der Waals surface area contributed by atoms with Crippen molar-refractivity contribution in [2.75, 3.05) is 13.1 Å². The first-order valence-electron chi connectivity index (χ1n) is 4.11. The zero-order valence-electron chi connectivity index (χ0n) is 6.98. The molecule has 1 saturated heterocycles. The number of rotatable bonds is 1. The SMILES string of the molecule is Clc1cc(Br)ccc1C=C1CNC1. The van der Waals surface area contributed by atoms with E-state index in [4.69, 9.17) is 11.6 Å². The molecular formula is C10H9BrClN. The molecule has 1 aromatic rings. The lowest BCUT2D eigenvalue weighted by atomic mass is 10.1. The molecule has 1 aromatic carbocycles. The maximum atomic E-state index is 6.06. The van der Waals surface area contributed by atoms with Gasteiger partial charge in [-0.3, -0.25) is 0 Å². The van der Waals surface area contributed by atoms with Crippen LogP contribution in [0, 0.1) is 0 Å². The Hall–Kier alpha value is -0.310. The maximum absolute atomic E-state index is 6.06. The maximum Gasteiger partial charge on any atom is 0.0489 e. The van der Waals surface area contributed by atoms with Crippen LogP contribution >= 0.6 is 27.5 Å². The van der Waals surface area contributed by atoms with E-state index < -0.39 is 0 Å². The van der Waals surface area contributed by atoms with Gasteiger partial charge in [0.15, 0.2) is 0 Å². The third kappa shape index (κ3) is 2.13. The van der Waals surface area contributed by atoms with Crippen LogP contribution in [0.2, 0.25) is 5.02 Å². The molecule has 0 bridgehead atoms. The van der Waals surface area contributed by atoms with Crippen molar-refractivity contribution in [3.8, 4) is 0 Å². The molecule has 0 saturated carbocycles. The third-order valence-corrected chi connectivity index (χ3v) is 2.85.